The monoisotopic (exact) mass is 394 g/mol. The van der Waals surface area contributed by atoms with Gasteiger partial charge in [-0.1, -0.05) is 48.5 Å². The molecule has 0 aliphatic heterocycles. The zero-order valence-corrected chi connectivity index (χ0v) is 15.6. The topological polar surface area (TPSA) is 88.5 Å². The first-order chi connectivity index (χ1) is 14.0. The fourth-order valence-electron chi connectivity index (χ4n) is 2.94. The minimum Gasteiger partial charge on any atom is -0.494 e. The van der Waals surface area contributed by atoms with E-state index in [0.717, 1.165) is 5.56 Å². The second-order valence-electron chi connectivity index (χ2n) is 6.26. The third-order valence-corrected chi connectivity index (χ3v) is 4.32. The summed E-state index contributed by atoms with van der Waals surface area (Å²) in [6.07, 6.45) is -0.464. The van der Waals surface area contributed by atoms with Crippen LogP contribution < -0.4 is 10.1 Å². The lowest BCUT2D eigenvalue weighted by Crippen LogP contribution is -2.31. The number of carboxylic acids is 1. The first-order valence-corrected chi connectivity index (χ1v) is 8.87. The van der Waals surface area contributed by atoms with Crippen molar-refractivity contribution in [3.8, 4) is 17.0 Å². The van der Waals surface area contributed by atoms with Crippen LogP contribution in [0.5, 0.6) is 5.75 Å². The van der Waals surface area contributed by atoms with Gasteiger partial charge in [0.25, 0.3) is 5.91 Å². The molecule has 6 nitrogen and oxygen atoms in total. The van der Waals surface area contributed by atoms with Gasteiger partial charge in [-0.25, -0.2) is 9.37 Å². The third kappa shape index (κ3) is 4.76. The predicted octanol–water partition coefficient (Wildman–Crippen LogP) is 3.84. The number of hydrogen-bond acceptors (Lipinski definition) is 4. The normalized spacial score (nSPS) is 11.5. The van der Waals surface area contributed by atoms with Crippen molar-refractivity contribution in [3.05, 3.63) is 83.8 Å². The minimum atomic E-state index is -1.16. The second-order valence-corrected chi connectivity index (χ2v) is 6.26. The summed E-state index contributed by atoms with van der Waals surface area (Å²) >= 11 is 0. The van der Waals surface area contributed by atoms with E-state index in [9.17, 15) is 19.1 Å². The van der Waals surface area contributed by atoms with Crippen molar-refractivity contribution in [1.29, 1.82) is 0 Å². The molecule has 29 heavy (non-hydrogen) atoms. The molecule has 0 saturated heterocycles. The van der Waals surface area contributed by atoms with Crippen molar-refractivity contribution in [2.45, 2.75) is 12.5 Å². The van der Waals surface area contributed by atoms with Gasteiger partial charge in [0.05, 0.1) is 19.6 Å². The van der Waals surface area contributed by atoms with Gasteiger partial charge >= 0.3 is 5.97 Å². The van der Waals surface area contributed by atoms with E-state index in [0.29, 0.717) is 11.4 Å². The van der Waals surface area contributed by atoms with Crippen molar-refractivity contribution in [1.82, 2.24) is 10.3 Å². The fraction of sp³-hybridized carbons (Fsp3) is 0.136. The van der Waals surface area contributed by atoms with E-state index in [4.69, 9.17) is 4.74 Å². The standard InChI is InChI=1S/C22H19FN2O4/c1-29-19-12-11-17(24-21(19)14-7-3-2-4-8-14)22(28)25-18(13-20(26)27)15-9-5-6-10-16(15)23/h2-12,18H,13H2,1H3,(H,25,28)(H,26,27)/t18-/m0/s1. The number of rotatable bonds is 7. The first-order valence-electron chi connectivity index (χ1n) is 8.87. The number of carbonyl (C=O) groups excluding carboxylic acids is 1. The molecule has 1 heterocycles. The summed E-state index contributed by atoms with van der Waals surface area (Å²) < 4.78 is 19.5. The summed E-state index contributed by atoms with van der Waals surface area (Å²) in [6.45, 7) is 0. The highest BCUT2D eigenvalue weighted by atomic mass is 19.1. The van der Waals surface area contributed by atoms with Crippen molar-refractivity contribution < 1.29 is 23.8 Å². The highest BCUT2D eigenvalue weighted by Gasteiger charge is 2.23. The second kappa shape index (κ2) is 8.97. The number of carbonyl (C=O) groups is 2. The number of halogens is 1. The highest BCUT2D eigenvalue weighted by Crippen LogP contribution is 2.28. The van der Waals surface area contributed by atoms with Crippen LogP contribution in [-0.2, 0) is 4.79 Å². The molecule has 1 amide bonds. The van der Waals surface area contributed by atoms with Gasteiger partial charge < -0.3 is 15.2 Å². The van der Waals surface area contributed by atoms with E-state index in [1.54, 1.807) is 12.1 Å². The summed E-state index contributed by atoms with van der Waals surface area (Å²) in [5, 5.41) is 11.7. The van der Waals surface area contributed by atoms with Crippen molar-refractivity contribution in [2.24, 2.45) is 0 Å². The van der Waals surface area contributed by atoms with E-state index in [1.165, 1.54) is 31.4 Å². The van der Waals surface area contributed by atoms with Gasteiger partial charge in [0, 0.05) is 11.1 Å². The Bertz CT molecular complexity index is 1020. The number of pyridine rings is 1. The summed E-state index contributed by atoms with van der Waals surface area (Å²) in [4.78, 5) is 28.4. The van der Waals surface area contributed by atoms with Gasteiger partial charge in [-0.15, -0.1) is 0 Å². The van der Waals surface area contributed by atoms with E-state index >= 15 is 0 Å². The SMILES string of the molecule is COc1ccc(C(=O)N[C@@H](CC(=O)O)c2ccccc2F)nc1-c1ccccc1. The summed E-state index contributed by atoms with van der Waals surface area (Å²) in [7, 11) is 1.50. The average molecular weight is 394 g/mol. The lowest BCUT2D eigenvalue weighted by atomic mass is 10.0. The molecule has 2 N–H and O–H groups in total. The average Bonchev–Trinajstić information content (AvgIpc) is 2.73. The van der Waals surface area contributed by atoms with E-state index in [2.05, 4.69) is 10.3 Å². The smallest absolute Gasteiger partial charge is 0.305 e. The van der Waals surface area contributed by atoms with E-state index in [-0.39, 0.29) is 11.3 Å². The third-order valence-electron chi connectivity index (χ3n) is 4.32. The molecule has 0 unspecified atom stereocenters. The maximum atomic E-state index is 14.2. The number of amides is 1. The molecule has 0 radical (unpaired) electrons. The van der Waals surface area contributed by atoms with Crippen LogP contribution in [0.3, 0.4) is 0 Å². The van der Waals surface area contributed by atoms with E-state index < -0.39 is 30.2 Å². The molecule has 0 bridgehead atoms. The molecule has 148 valence electrons. The van der Waals surface area contributed by atoms with Crippen LogP contribution in [0, 0.1) is 5.82 Å². The molecule has 1 atom stereocenters. The Morgan fingerprint density at radius 1 is 1.07 bits per heavy atom. The molecule has 0 aliphatic rings. The number of nitrogens with zero attached hydrogens (tertiary/aromatic N) is 1. The molecule has 3 aromatic rings. The molecule has 0 saturated carbocycles. The van der Waals surface area contributed by atoms with Gasteiger partial charge in [0.1, 0.15) is 23.0 Å². The molecule has 1 aromatic heterocycles. The predicted molar refractivity (Wildman–Crippen MR) is 105 cm³/mol. The summed E-state index contributed by atoms with van der Waals surface area (Å²) in [5.74, 6) is -1.87. The quantitative estimate of drug-likeness (QED) is 0.636. The van der Waals surface area contributed by atoms with Gasteiger partial charge in [0.15, 0.2) is 0 Å². The van der Waals surface area contributed by atoms with E-state index in [1.807, 2.05) is 30.3 Å². The lowest BCUT2D eigenvalue weighted by molar-refractivity contribution is -0.137. The number of methoxy groups -OCH3 is 1. The Balaban J connectivity index is 1.92. The van der Waals surface area contributed by atoms with Crippen molar-refractivity contribution >= 4 is 11.9 Å². The number of aromatic nitrogens is 1. The summed E-state index contributed by atoms with van der Waals surface area (Å²) in [5.41, 5.74) is 1.40. The van der Waals surface area contributed by atoms with Crippen LogP contribution in [0.4, 0.5) is 4.39 Å². The van der Waals surface area contributed by atoms with Gasteiger partial charge in [-0.05, 0) is 18.2 Å². The maximum absolute atomic E-state index is 14.2. The Labute approximate surface area is 167 Å². The van der Waals surface area contributed by atoms with Gasteiger partial charge in [-0.2, -0.15) is 0 Å². The molecule has 0 fully saturated rings. The van der Waals surface area contributed by atoms with Gasteiger partial charge in [-0.3, -0.25) is 9.59 Å². The number of aliphatic carboxylic acids is 1. The van der Waals surface area contributed by atoms with Crippen molar-refractivity contribution in [3.63, 3.8) is 0 Å². The van der Waals surface area contributed by atoms with Crippen LogP contribution in [0.25, 0.3) is 11.3 Å². The lowest BCUT2D eigenvalue weighted by Gasteiger charge is -2.18. The van der Waals surface area contributed by atoms with Crippen molar-refractivity contribution in [2.75, 3.05) is 7.11 Å². The Kier molecular flexibility index (Phi) is 6.19. The van der Waals surface area contributed by atoms with Gasteiger partial charge in [0.2, 0.25) is 0 Å². The largest absolute Gasteiger partial charge is 0.494 e. The number of carboxylic acid groups (broad SMARTS) is 1. The fourth-order valence-corrected chi connectivity index (χ4v) is 2.94. The molecule has 3 rings (SSSR count). The van der Waals surface area contributed by atoms with Crippen LogP contribution in [0.1, 0.15) is 28.5 Å². The molecular formula is C22H19FN2O4. The number of benzene rings is 2. The van der Waals surface area contributed by atoms with Crippen LogP contribution >= 0.6 is 0 Å². The van der Waals surface area contributed by atoms with Crippen LogP contribution in [-0.4, -0.2) is 29.1 Å². The molecular weight excluding hydrogens is 375 g/mol. The number of hydrogen-bond donors (Lipinski definition) is 2. The number of ether oxygens (including phenoxy) is 1. The van der Waals surface area contributed by atoms with Crippen LogP contribution in [0.15, 0.2) is 66.7 Å². The van der Waals surface area contributed by atoms with Crippen LogP contribution in [0.2, 0.25) is 0 Å². The molecule has 2 aromatic carbocycles. The highest BCUT2D eigenvalue weighted by molar-refractivity contribution is 5.93. The zero-order valence-electron chi connectivity index (χ0n) is 15.6. The minimum absolute atomic E-state index is 0.0661. The zero-order chi connectivity index (χ0) is 20.8. The molecule has 0 aliphatic carbocycles. The molecule has 7 heteroatoms. The number of nitrogens with one attached hydrogen (secondary N) is 1. The maximum Gasteiger partial charge on any atom is 0.305 e. The molecule has 0 spiro atoms. The Hall–Kier alpha value is -3.74. The summed E-state index contributed by atoms with van der Waals surface area (Å²) in [6, 6.07) is 17.0. The first kappa shape index (κ1) is 20.0. The Morgan fingerprint density at radius 3 is 2.41 bits per heavy atom. The Morgan fingerprint density at radius 2 is 1.76 bits per heavy atom.